The van der Waals surface area contributed by atoms with Gasteiger partial charge in [-0.3, -0.25) is 4.90 Å². The predicted octanol–water partition coefficient (Wildman–Crippen LogP) is -0.739. The third-order valence-corrected chi connectivity index (χ3v) is 1.92. The molecule has 12 heavy (non-hydrogen) atoms. The summed E-state index contributed by atoms with van der Waals surface area (Å²) in [4.78, 5) is 2.30. The Morgan fingerprint density at radius 2 is 2.17 bits per heavy atom. The molecule has 1 heterocycles. The van der Waals surface area contributed by atoms with Crippen molar-refractivity contribution in [1.29, 1.82) is 0 Å². The lowest BCUT2D eigenvalue weighted by molar-refractivity contribution is -0.0896. The van der Waals surface area contributed by atoms with Gasteiger partial charge in [0, 0.05) is 32.7 Å². The molecule has 0 amide bonds. The zero-order chi connectivity index (χ0) is 8.81. The number of aliphatic hydroxyl groups excluding tert-OH is 1. The van der Waals surface area contributed by atoms with Crippen LogP contribution in [0.2, 0.25) is 0 Å². The molecule has 4 heteroatoms. The molecule has 0 aromatic rings. The number of piperazine rings is 1. The number of hydrogen-bond donors (Lipinski definition) is 1. The summed E-state index contributed by atoms with van der Waals surface area (Å²) < 4.78 is 5.03. The van der Waals surface area contributed by atoms with E-state index in [1.807, 2.05) is 0 Å². The van der Waals surface area contributed by atoms with Gasteiger partial charge in [-0.25, -0.2) is 5.32 Å². The minimum Gasteiger partial charge on any atom is -0.368 e. The Morgan fingerprint density at radius 3 is 2.75 bits per heavy atom. The number of ether oxygens (including phenoxy) is 1. The Hall–Kier alpha value is -0.160. The van der Waals surface area contributed by atoms with Crippen molar-refractivity contribution >= 4 is 0 Å². The third kappa shape index (κ3) is 4.01. The van der Waals surface area contributed by atoms with Crippen molar-refractivity contribution in [3.8, 4) is 0 Å². The van der Waals surface area contributed by atoms with Gasteiger partial charge in [0.25, 0.3) is 0 Å². The molecule has 1 rings (SSSR count). The van der Waals surface area contributed by atoms with Gasteiger partial charge in [0.05, 0.1) is 6.61 Å². The topological polar surface area (TPSA) is 46.8 Å². The van der Waals surface area contributed by atoms with Crippen LogP contribution >= 0.6 is 0 Å². The summed E-state index contributed by atoms with van der Waals surface area (Å²) in [6.45, 7) is 7.08. The van der Waals surface area contributed by atoms with E-state index >= 15 is 0 Å². The fourth-order valence-corrected chi connectivity index (χ4v) is 1.22. The van der Waals surface area contributed by atoms with Crippen LogP contribution in [0.5, 0.6) is 0 Å². The van der Waals surface area contributed by atoms with E-state index in [0.717, 1.165) is 32.7 Å². The van der Waals surface area contributed by atoms with Gasteiger partial charge in [-0.2, -0.15) is 0 Å². The Kier molecular flexibility index (Phi) is 4.53. The second kappa shape index (κ2) is 5.48. The highest BCUT2D eigenvalue weighted by molar-refractivity contribution is 4.66. The molecule has 1 saturated heterocycles. The summed E-state index contributed by atoms with van der Waals surface area (Å²) in [5, 5.41) is 13.1. The van der Waals surface area contributed by atoms with E-state index in [2.05, 4.69) is 10.2 Å². The van der Waals surface area contributed by atoms with Crippen LogP contribution in [0.15, 0.2) is 0 Å². The first-order valence-corrected chi connectivity index (χ1v) is 4.44. The van der Waals surface area contributed by atoms with Crippen LogP contribution in [-0.4, -0.2) is 55.6 Å². The van der Waals surface area contributed by atoms with Gasteiger partial charge in [-0.05, 0) is 6.92 Å². The molecule has 1 aliphatic rings. The summed E-state index contributed by atoms with van der Waals surface area (Å²) in [5.74, 6) is 0. The molecule has 0 spiro atoms. The normalized spacial score (nSPS) is 22.5. The minimum atomic E-state index is -0.639. The highest BCUT2D eigenvalue weighted by Gasteiger charge is 2.09. The first-order valence-electron chi connectivity index (χ1n) is 4.44. The Bertz CT molecular complexity index is 114. The van der Waals surface area contributed by atoms with Gasteiger partial charge in [0.2, 0.25) is 0 Å². The fourth-order valence-electron chi connectivity index (χ4n) is 1.22. The van der Waals surface area contributed by atoms with E-state index in [9.17, 15) is 0 Å². The second-order valence-corrected chi connectivity index (χ2v) is 2.98. The van der Waals surface area contributed by atoms with Crippen molar-refractivity contribution < 1.29 is 9.84 Å². The van der Waals surface area contributed by atoms with Crippen LogP contribution in [0.4, 0.5) is 0 Å². The second-order valence-electron chi connectivity index (χ2n) is 2.98. The zero-order valence-corrected chi connectivity index (χ0v) is 7.57. The zero-order valence-electron chi connectivity index (χ0n) is 7.57. The molecule has 0 aromatic carbocycles. The molecule has 1 N–H and O–H groups in total. The highest BCUT2D eigenvalue weighted by Crippen LogP contribution is 1.93. The molecular formula is C8H17N2O2. The number of hydrogen-bond acceptors (Lipinski definition) is 3. The van der Waals surface area contributed by atoms with Gasteiger partial charge >= 0.3 is 0 Å². The van der Waals surface area contributed by atoms with Gasteiger partial charge in [0.1, 0.15) is 0 Å². The van der Waals surface area contributed by atoms with Crippen molar-refractivity contribution in [1.82, 2.24) is 10.2 Å². The Balaban J connectivity index is 1.98. The van der Waals surface area contributed by atoms with Crippen molar-refractivity contribution in [2.24, 2.45) is 0 Å². The largest absolute Gasteiger partial charge is 0.368 e. The smallest absolute Gasteiger partial charge is 0.151 e. The Morgan fingerprint density at radius 1 is 1.50 bits per heavy atom. The van der Waals surface area contributed by atoms with Crippen LogP contribution in [0.3, 0.4) is 0 Å². The summed E-state index contributed by atoms with van der Waals surface area (Å²) in [7, 11) is 0. The standard InChI is InChI=1S/C8H17N2O2/c1-8(11)12-7-6-10-4-2-9-3-5-10/h8,11H,2-7H2,1H3. The minimum absolute atomic E-state index is 0.609. The summed E-state index contributed by atoms with van der Waals surface area (Å²) in [6, 6.07) is 0. The van der Waals surface area contributed by atoms with Crippen molar-refractivity contribution in [3.63, 3.8) is 0 Å². The van der Waals surface area contributed by atoms with Crippen LogP contribution < -0.4 is 5.32 Å². The molecule has 1 fully saturated rings. The van der Waals surface area contributed by atoms with Crippen LogP contribution in [0.1, 0.15) is 6.92 Å². The monoisotopic (exact) mass is 173 g/mol. The number of aliphatic hydroxyl groups is 1. The lowest BCUT2D eigenvalue weighted by atomic mass is 10.4. The molecule has 0 aromatic heterocycles. The average molecular weight is 173 g/mol. The number of nitrogens with zero attached hydrogens (tertiary/aromatic N) is 2. The molecule has 0 aliphatic carbocycles. The summed E-state index contributed by atoms with van der Waals surface area (Å²) in [6.07, 6.45) is -0.639. The first-order chi connectivity index (χ1) is 5.79. The van der Waals surface area contributed by atoms with Gasteiger partial charge in [-0.15, -0.1) is 0 Å². The van der Waals surface area contributed by atoms with Crippen molar-refractivity contribution in [2.45, 2.75) is 13.2 Å². The molecule has 1 aliphatic heterocycles. The molecule has 1 atom stereocenters. The van der Waals surface area contributed by atoms with E-state index in [1.165, 1.54) is 0 Å². The quantitative estimate of drug-likeness (QED) is 0.570. The molecule has 1 unspecified atom stereocenters. The van der Waals surface area contributed by atoms with Crippen LogP contribution in [-0.2, 0) is 4.74 Å². The van der Waals surface area contributed by atoms with E-state index in [0.29, 0.717) is 6.61 Å². The highest BCUT2D eigenvalue weighted by atomic mass is 16.6. The van der Waals surface area contributed by atoms with Gasteiger partial charge < -0.3 is 9.84 Å². The fraction of sp³-hybridized carbons (Fsp3) is 1.00. The lowest BCUT2D eigenvalue weighted by Crippen LogP contribution is -2.41. The van der Waals surface area contributed by atoms with E-state index < -0.39 is 6.29 Å². The lowest BCUT2D eigenvalue weighted by Gasteiger charge is -2.26. The van der Waals surface area contributed by atoms with Crippen LogP contribution in [0.25, 0.3) is 0 Å². The van der Waals surface area contributed by atoms with E-state index in [4.69, 9.17) is 9.84 Å². The van der Waals surface area contributed by atoms with E-state index in [1.54, 1.807) is 6.92 Å². The SMILES string of the molecule is CC(O)OCCN1CC[N]CC1. The third-order valence-electron chi connectivity index (χ3n) is 1.92. The maximum absolute atomic E-state index is 8.82. The number of rotatable bonds is 4. The Labute approximate surface area is 73.5 Å². The molecule has 1 radical (unpaired) electrons. The molecule has 4 nitrogen and oxygen atoms in total. The average Bonchev–Trinajstić information content (AvgIpc) is 2.05. The maximum atomic E-state index is 8.82. The summed E-state index contributed by atoms with van der Waals surface area (Å²) in [5.41, 5.74) is 0. The van der Waals surface area contributed by atoms with E-state index in [-0.39, 0.29) is 0 Å². The van der Waals surface area contributed by atoms with Crippen molar-refractivity contribution in [2.75, 3.05) is 39.3 Å². The van der Waals surface area contributed by atoms with Crippen LogP contribution in [0, 0.1) is 0 Å². The first kappa shape index (κ1) is 9.92. The van der Waals surface area contributed by atoms with Gasteiger partial charge in [0.15, 0.2) is 6.29 Å². The predicted molar refractivity (Wildman–Crippen MR) is 45.9 cm³/mol. The molecule has 71 valence electrons. The summed E-state index contributed by atoms with van der Waals surface area (Å²) >= 11 is 0. The molecular weight excluding hydrogens is 156 g/mol. The van der Waals surface area contributed by atoms with Gasteiger partial charge in [-0.1, -0.05) is 0 Å². The van der Waals surface area contributed by atoms with Crippen molar-refractivity contribution in [3.05, 3.63) is 0 Å². The molecule has 0 bridgehead atoms. The molecule has 0 saturated carbocycles. The maximum Gasteiger partial charge on any atom is 0.151 e.